The molecule has 0 aliphatic rings. The third kappa shape index (κ3) is 8.55. The zero-order chi connectivity index (χ0) is 19.5. The molecule has 0 saturated carbocycles. The van der Waals surface area contributed by atoms with E-state index in [1.807, 2.05) is 19.9 Å². The average Bonchev–Trinajstić information content (AvgIpc) is 3.10. The maximum absolute atomic E-state index is 12.1. The van der Waals surface area contributed by atoms with Crippen molar-refractivity contribution < 1.29 is 4.79 Å². The summed E-state index contributed by atoms with van der Waals surface area (Å²) in [5.41, 5.74) is 3.80. The molecule has 1 atom stereocenters. The highest BCUT2D eigenvalue weighted by Crippen LogP contribution is 2.11. The Morgan fingerprint density at radius 1 is 1.25 bits per heavy atom. The highest BCUT2D eigenvalue weighted by molar-refractivity contribution is 14.0. The summed E-state index contributed by atoms with van der Waals surface area (Å²) in [7, 11) is 0. The summed E-state index contributed by atoms with van der Waals surface area (Å²) in [4.78, 5) is 21.4. The topological polar surface area (TPSA) is 78.4 Å². The lowest BCUT2D eigenvalue weighted by Crippen LogP contribution is -2.42. The van der Waals surface area contributed by atoms with E-state index in [1.165, 1.54) is 16.9 Å². The first kappa shape index (κ1) is 24.4. The van der Waals surface area contributed by atoms with Gasteiger partial charge in [0.2, 0.25) is 0 Å². The van der Waals surface area contributed by atoms with Crippen LogP contribution in [0.2, 0.25) is 0 Å². The molecule has 3 N–H and O–H groups in total. The Morgan fingerprint density at radius 3 is 2.64 bits per heavy atom. The molecule has 0 aliphatic heterocycles. The molecular weight excluding hydrogens is 485 g/mol. The second-order valence-electron chi connectivity index (χ2n) is 6.35. The van der Waals surface area contributed by atoms with Crippen LogP contribution in [0.1, 0.15) is 41.2 Å². The van der Waals surface area contributed by atoms with E-state index in [1.54, 1.807) is 5.51 Å². The van der Waals surface area contributed by atoms with Gasteiger partial charge in [-0.05, 0) is 39.2 Å². The molecule has 0 radical (unpaired) electrons. The minimum absolute atomic E-state index is 0. The number of benzene rings is 1. The summed E-state index contributed by atoms with van der Waals surface area (Å²) in [6.45, 7) is 7.84. The number of nitrogens with one attached hydrogen (secondary N) is 3. The first-order chi connectivity index (χ1) is 13.1. The van der Waals surface area contributed by atoms with Crippen molar-refractivity contribution in [2.45, 2.75) is 39.7 Å². The van der Waals surface area contributed by atoms with Crippen LogP contribution < -0.4 is 16.0 Å². The van der Waals surface area contributed by atoms with E-state index in [-0.39, 0.29) is 29.9 Å². The molecule has 1 amide bonds. The summed E-state index contributed by atoms with van der Waals surface area (Å²) in [5, 5.41) is 9.58. The lowest BCUT2D eigenvalue weighted by molar-refractivity contribution is 0.0958. The molecule has 0 aliphatic carbocycles. The second-order valence-corrected chi connectivity index (χ2v) is 7.21. The van der Waals surface area contributed by atoms with Gasteiger partial charge in [0.05, 0.1) is 17.7 Å². The van der Waals surface area contributed by atoms with Crippen LogP contribution in [0, 0.1) is 6.92 Å². The average molecular weight is 515 g/mol. The van der Waals surface area contributed by atoms with Gasteiger partial charge in [0.15, 0.2) is 5.96 Å². The number of halogens is 1. The molecule has 1 heterocycles. The number of aryl methyl sites for hydroxylation is 2. The molecule has 8 heteroatoms. The third-order valence-corrected chi connectivity index (χ3v) is 4.98. The lowest BCUT2D eigenvalue weighted by Gasteiger charge is -2.18. The van der Waals surface area contributed by atoms with Gasteiger partial charge in [-0.25, -0.2) is 4.98 Å². The number of aromatic nitrogens is 1. The van der Waals surface area contributed by atoms with E-state index in [4.69, 9.17) is 0 Å². The molecule has 0 fully saturated rings. The number of carbonyl (C=O) groups excluding carboxylic acids is 1. The van der Waals surface area contributed by atoms with Crippen LogP contribution in [0.25, 0.3) is 0 Å². The lowest BCUT2D eigenvalue weighted by atomic mass is 10.1. The van der Waals surface area contributed by atoms with E-state index in [0.717, 1.165) is 31.0 Å². The summed E-state index contributed by atoms with van der Waals surface area (Å²) < 4.78 is 0. The Balaban J connectivity index is 0.00000392. The van der Waals surface area contributed by atoms with E-state index in [9.17, 15) is 4.79 Å². The summed E-state index contributed by atoms with van der Waals surface area (Å²) in [5.74, 6) is 0.695. The molecular formula is C20H30IN5OS. The zero-order valence-electron chi connectivity index (χ0n) is 16.7. The fourth-order valence-electron chi connectivity index (χ4n) is 2.59. The Hall–Kier alpha value is -1.68. The number of hydrogen-bond donors (Lipinski definition) is 3. The van der Waals surface area contributed by atoms with Gasteiger partial charge in [-0.2, -0.15) is 0 Å². The normalized spacial score (nSPS) is 12.0. The maximum Gasteiger partial charge on any atom is 0.263 e. The first-order valence-corrected chi connectivity index (χ1v) is 10.2. The van der Waals surface area contributed by atoms with Gasteiger partial charge in [0.1, 0.15) is 4.88 Å². The van der Waals surface area contributed by atoms with E-state index in [2.05, 4.69) is 57.1 Å². The van der Waals surface area contributed by atoms with Crippen molar-refractivity contribution in [2.24, 2.45) is 4.99 Å². The molecule has 0 saturated heterocycles. The monoisotopic (exact) mass is 515 g/mol. The van der Waals surface area contributed by atoms with E-state index < -0.39 is 0 Å². The Labute approximate surface area is 188 Å². The first-order valence-electron chi connectivity index (χ1n) is 9.37. The molecule has 0 bridgehead atoms. The van der Waals surface area contributed by atoms with Gasteiger partial charge in [0.25, 0.3) is 5.91 Å². The molecule has 2 rings (SSSR count). The minimum Gasteiger partial charge on any atom is -0.357 e. The highest BCUT2D eigenvalue weighted by atomic mass is 127. The van der Waals surface area contributed by atoms with Crippen LogP contribution >= 0.6 is 35.3 Å². The minimum atomic E-state index is -0.0839. The van der Waals surface area contributed by atoms with Crippen LogP contribution in [0.15, 0.2) is 40.8 Å². The van der Waals surface area contributed by atoms with Crippen LogP contribution in [0.4, 0.5) is 0 Å². The van der Waals surface area contributed by atoms with Crippen molar-refractivity contribution >= 4 is 47.2 Å². The number of carbonyl (C=O) groups is 1. The van der Waals surface area contributed by atoms with Crippen molar-refractivity contribution in [3.8, 4) is 0 Å². The Kier molecular flexibility index (Phi) is 11.7. The molecule has 0 spiro atoms. The number of nitrogens with zero attached hydrogens (tertiary/aromatic N) is 2. The SMILES string of the molecule is CCNC(=NCCNC(=O)c1scnc1C)NC(C)CCc1ccccc1.I. The van der Waals surface area contributed by atoms with Crippen LogP contribution in [-0.4, -0.2) is 42.5 Å². The van der Waals surface area contributed by atoms with Gasteiger partial charge < -0.3 is 16.0 Å². The Bertz CT molecular complexity index is 735. The molecule has 154 valence electrons. The number of thiazole rings is 1. The summed E-state index contributed by atoms with van der Waals surface area (Å²) in [6, 6.07) is 10.8. The number of aliphatic imine (C=N–C) groups is 1. The highest BCUT2D eigenvalue weighted by Gasteiger charge is 2.10. The zero-order valence-corrected chi connectivity index (χ0v) is 19.8. The molecule has 1 unspecified atom stereocenters. The second kappa shape index (κ2) is 13.5. The largest absolute Gasteiger partial charge is 0.357 e. The number of hydrogen-bond acceptors (Lipinski definition) is 4. The third-order valence-electron chi connectivity index (χ3n) is 4.06. The predicted molar refractivity (Wildman–Crippen MR) is 128 cm³/mol. The van der Waals surface area contributed by atoms with Gasteiger partial charge in [-0.1, -0.05) is 30.3 Å². The summed E-state index contributed by atoms with van der Waals surface area (Å²) in [6.07, 6.45) is 2.05. The number of guanidine groups is 1. The quantitative estimate of drug-likeness (QED) is 0.207. The standard InChI is InChI=1S/C20H29N5OS.HI/c1-4-21-20(25-15(2)10-11-17-8-6-5-7-9-17)23-13-12-22-19(26)18-16(3)24-14-27-18;/h5-9,14-15H,4,10-13H2,1-3H3,(H,22,26)(H2,21,23,25);1H. The molecule has 6 nitrogen and oxygen atoms in total. The van der Waals surface area contributed by atoms with Crippen molar-refractivity contribution in [1.29, 1.82) is 0 Å². The van der Waals surface area contributed by atoms with Gasteiger partial charge >= 0.3 is 0 Å². The van der Waals surface area contributed by atoms with E-state index in [0.29, 0.717) is 24.0 Å². The molecule has 2 aromatic rings. The van der Waals surface area contributed by atoms with Gasteiger partial charge in [-0.15, -0.1) is 35.3 Å². The maximum atomic E-state index is 12.1. The van der Waals surface area contributed by atoms with Crippen molar-refractivity contribution in [3.63, 3.8) is 0 Å². The van der Waals surface area contributed by atoms with E-state index >= 15 is 0 Å². The van der Waals surface area contributed by atoms with Gasteiger partial charge in [0, 0.05) is 19.1 Å². The van der Waals surface area contributed by atoms with Crippen LogP contribution in [-0.2, 0) is 6.42 Å². The van der Waals surface area contributed by atoms with Crippen LogP contribution in [0.5, 0.6) is 0 Å². The fraction of sp³-hybridized carbons (Fsp3) is 0.450. The molecule has 1 aromatic carbocycles. The number of rotatable bonds is 9. The smallest absolute Gasteiger partial charge is 0.263 e. The van der Waals surface area contributed by atoms with Crippen molar-refractivity contribution in [3.05, 3.63) is 52.0 Å². The van der Waals surface area contributed by atoms with Gasteiger partial charge in [-0.3, -0.25) is 9.79 Å². The van der Waals surface area contributed by atoms with Crippen molar-refractivity contribution in [1.82, 2.24) is 20.9 Å². The molecule has 1 aromatic heterocycles. The van der Waals surface area contributed by atoms with Crippen molar-refractivity contribution in [2.75, 3.05) is 19.6 Å². The Morgan fingerprint density at radius 2 is 2.00 bits per heavy atom. The number of amides is 1. The summed E-state index contributed by atoms with van der Waals surface area (Å²) >= 11 is 1.36. The predicted octanol–water partition coefficient (Wildman–Crippen LogP) is 3.38. The van der Waals surface area contributed by atoms with Crippen LogP contribution in [0.3, 0.4) is 0 Å². The fourth-order valence-corrected chi connectivity index (χ4v) is 3.31. The molecule has 28 heavy (non-hydrogen) atoms.